The second kappa shape index (κ2) is 23.8. The zero-order valence-electron chi connectivity index (χ0n) is 58.8. The van der Waals surface area contributed by atoms with Crippen LogP contribution in [0, 0.1) is 57.9 Å². The van der Waals surface area contributed by atoms with Crippen LogP contribution >= 0.6 is 0 Å². The van der Waals surface area contributed by atoms with Crippen LogP contribution in [0.2, 0.25) is 0 Å². The molecule has 3 aromatic heterocycles. The van der Waals surface area contributed by atoms with E-state index in [1.54, 1.807) is 54.5 Å². The summed E-state index contributed by atoms with van der Waals surface area (Å²) in [6.07, 6.45) is 9.14. The van der Waals surface area contributed by atoms with E-state index in [1.807, 2.05) is 0 Å². The molecule has 24 heteroatoms. The van der Waals surface area contributed by atoms with Gasteiger partial charge in [0.1, 0.15) is 70.1 Å². The maximum absolute atomic E-state index is 15.2. The van der Waals surface area contributed by atoms with Gasteiger partial charge in [0.15, 0.2) is 0 Å². The van der Waals surface area contributed by atoms with Crippen LogP contribution in [0.1, 0.15) is 119 Å². The van der Waals surface area contributed by atoms with Crippen LogP contribution in [0.3, 0.4) is 0 Å². The van der Waals surface area contributed by atoms with Crippen molar-refractivity contribution in [3.05, 3.63) is 214 Å². The molecule has 6 fully saturated rings. The highest BCUT2D eigenvalue weighted by atomic mass is 19.1. The summed E-state index contributed by atoms with van der Waals surface area (Å²) >= 11 is 0. The number of amides is 6. The first-order valence-corrected chi connectivity index (χ1v) is 27.8. The number of benzene rings is 3. The molecule has 6 amide bonds. The van der Waals surface area contributed by atoms with Gasteiger partial charge in [-0.15, -0.1) is 15.0 Å². The summed E-state index contributed by atoms with van der Waals surface area (Å²) in [4.78, 5) is 108. The fourth-order valence-electron chi connectivity index (χ4n) is 11.9. The largest absolute Gasteiger partial charge is 0.360 e. The number of nitrogens with zero attached hydrogens (tertiary/aromatic N) is 12. The van der Waals surface area contributed by atoms with Crippen molar-refractivity contribution in [3.8, 4) is 0 Å². The van der Waals surface area contributed by atoms with E-state index < -0.39 is 101 Å². The maximum atomic E-state index is 15.2. The molecule has 0 unspecified atom stereocenters. The predicted octanol–water partition coefficient (Wildman–Crippen LogP) is 11.1. The van der Waals surface area contributed by atoms with Gasteiger partial charge in [-0.3, -0.25) is 43.5 Å². The Morgan fingerprint density at radius 3 is 1.11 bits per heavy atom. The van der Waals surface area contributed by atoms with Gasteiger partial charge in [-0.05, 0) is 168 Å². The Morgan fingerprint density at radius 1 is 0.511 bits per heavy atom. The molecule has 3 spiro atoms. The summed E-state index contributed by atoms with van der Waals surface area (Å²) < 4.78 is 121. The lowest BCUT2D eigenvalue weighted by atomic mass is 9.75. The molecule has 3 saturated carbocycles. The Balaban J connectivity index is 0.000000162. The minimum atomic E-state index is -2.88. The van der Waals surface area contributed by atoms with Crippen molar-refractivity contribution in [2.75, 3.05) is 50.4 Å². The highest BCUT2D eigenvalue weighted by Crippen LogP contribution is 2.54. The molecular formula is C66H60F3N15O6. The molecule has 0 bridgehead atoms. The smallest absolute Gasteiger partial charge is 0.272 e. The molecule has 90 heavy (non-hydrogen) atoms. The van der Waals surface area contributed by atoms with E-state index in [4.69, 9.17) is 33.4 Å². The third-order valence-electron chi connectivity index (χ3n) is 16.9. The zero-order chi connectivity index (χ0) is 73.4. The first-order valence-electron chi connectivity index (χ1n) is 32.8. The molecule has 12 rings (SSSR count). The molecule has 6 heterocycles. The molecule has 3 aliphatic carbocycles. The molecule has 0 radical (unpaired) electrons. The lowest BCUT2D eigenvalue weighted by Gasteiger charge is -2.43. The maximum Gasteiger partial charge on any atom is 0.272 e. The molecule has 456 valence electrons. The summed E-state index contributed by atoms with van der Waals surface area (Å²) in [5.41, 5.74) is -1.91. The average molecular weight is 1230 g/mol. The predicted molar refractivity (Wildman–Crippen MR) is 332 cm³/mol. The summed E-state index contributed by atoms with van der Waals surface area (Å²) in [6.45, 7) is 33.1. The normalized spacial score (nSPS) is 19.0. The van der Waals surface area contributed by atoms with Crippen molar-refractivity contribution in [1.82, 2.24) is 30.9 Å². The molecule has 21 nitrogen and oxygen atoms in total. The summed E-state index contributed by atoms with van der Waals surface area (Å²) in [7, 11) is 1.33. The van der Waals surface area contributed by atoms with Gasteiger partial charge in [-0.1, -0.05) is 39.5 Å². The SMILES string of the molecule is [2H]C([2H])([2H])NC(=O)c1ccc(N2C(=C)N(c3cnc([N+]#[C-])c(C)c3)C(=O)C23CCC3)cc1F.[2H]c1cc(C(=O)NC([2H])([2H])[2H])c(F)c([2H])c1N1C(=C)N(c2cnc([N+]#[C-])c(C)c2)C(=O)C12CCC2.[2H]c1cc(C(=O)NC)c(F)c([2H])c1N1C(=C)N(c2cnc([N+]#[C-])c(C)c2)C(=O)C12CCC2. The van der Waals surface area contributed by atoms with Gasteiger partial charge in [-0.25, -0.2) is 13.2 Å². The first kappa shape index (κ1) is 49.9. The molecule has 3 saturated heterocycles. The van der Waals surface area contributed by atoms with Gasteiger partial charge < -0.3 is 45.2 Å². The number of anilines is 6. The molecule has 6 aromatic rings. The highest BCUT2D eigenvalue weighted by Gasteiger charge is 2.61. The van der Waals surface area contributed by atoms with Gasteiger partial charge >= 0.3 is 0 Å². The highest BCUT2D eigenvalue weighted by molar-refractivity contribution is 6.13. The number of carbonyl (C=O) groups excluding carboxylic acids is 6. The van der Waals surface area contributed by atoms with E-state index >= 15 is 4.39 Å². The average Bonchev–Trinajstić information content (AvgIpc) is 1.55. The number of hydrogen-bond donors (Lipinski definition) is 3. The summed E-state index contributed by atoms with van der Waals surface area (Å²) in [5, 5.41) is 5.71. The Bertz CT molecular complexity index is 4730. The van der Waals surface area contributed by atoms with Crippen LogP contribution in [0.5, 0.6) is 0 Å². The van der Waals surface area contributed by atoms with E-state index in [-0.39, 0.29) is 64.2 Å². The Kier molecular flexibility index (Phi) is 13.2. The molecular weight excluding hydrogens is 1160 g/mol. The van der Waals surface area contributed by atoms with Crippen LogP contribution in [0.25, 0.3) is 14.5 Å². The fraction of sp³-hybridized carbons (Fsp3) is 0.273. The number of aryl methyl sites for hydroxylation is 3. The third kappa shape index (κ3) is 9.93. The quantitative estimate of drug-likeness (QED) is 0.116. The third-order valence-corrected chi connectivity index (χ3v) is 16.9. The standard InChI is InChI=1S/3C22H20FN5O2/c3*1-13-10-16(12-26-19(13)24-3)27-14(2)28(22(21(27)30)8-5-9-22)15-6-7-17(18(23)11-15)20(29)25-4/h3*6-7,10-12H,2,5,8-9H2,1,4H3,(H,25,29)/i4D3,6D,11D;6D,11D;4D3. The lowest BCUT2D eigenvalue weighted by molar-refractivity contribution is -0.124. The number of pyridine rings is 3. The Labute approximate surface area is 531 Å². The number of carbonyl (C=O) groups is 6. The number of hydrogen-bond acceptors (Lipinski definition) is 12. The second-order valence-corrected chi connectivity index (χ2v) is 21.8. The van der Waals surface area contributed by atoms with Crippen LogP contribution < -0.4 is 45.3 Å². The number of rotatable bonds is 9. The van der Waals surface area contributed by atoms with Crippen molar-refractivity contribution in [3.63, 3.8) is 0 Å². The molecule has 3 aliphatic heterocycles. The topological polar surface area (TPSA) is 210 Å². The number of nitrogens with one attached hydrogen (secondary N) is 3. The number of halogens is 3. The zero-order valence-corrected chi connectivity index (χ0v) is 48.8. The van der Waals surface area contributed by atoms with Gasteiger partial charge in [0.2, 0.25) is 0 Å². The van der Waals surface area contributed by atoms with Crippen molar-refractivity contribution in [2.24, 2.45) is 0 Å². The summed E-state index contributed by atoms with van der Waals surface area (Å²) in [6, 6.07) is 8.43. The van der Waals surface area contributed by atoms with Gasteiger partial charge in [-0.2, -0.15) is 0 Å². The second-order valence-electron chi connectivity index (χ2n) is 21.8. The van der Waals surface area contributed by atoms with Crippen molar-refractivity contribution >= 4 is 87.0 Å². The van der Waals surface area contributed by atoms with E-state index in [0.29, 0.717) is 90.2 Å². The first-order chi connectivity index (χ1) is 47.0. The fourth-order valence-corrected chi connectivity index (χ4v) is 11.9. The molecule has 6 aliphatic rings. The van der Waals surface area contributed by atoms with Crippen molar-refractivity contribution < 1.29 is 55.6 Å². The van der Waals surface area contributed by atoms with E-state index in [1.165, 1.54) is 62.3 Å². The van der Waals surface area contributed by atoms with Gasteiger partial charge in [0, 0.05) is 46.3 Å². The number of aromatic nitrogens is 3. The van der Waals surface area contributed by atoms with E-state index in [2.05, 4.69) is 54.5 Å². The monoisotopic (exact) mass is 1230 g/mol. The minimum Gasteiger partial charge on any atom is -0.360 e. The van der Waals surface area contributed by atoms with E-state index in [0.717, 1.165) is 31.0 Å². The van der Waals surface area contributed by atoms with Gasteiger partial charge in [0.25, 0.3) is 52.9 Å². The lowest BCUT2D eigenvalue weighted by Crippen LogP contribution is -2.54. The van der Waals surface area contributed by atoms with Crippen LogP contribution in [0.4, 0.5) is 64.7 Å². The van der Waals surface area contributed by atoms with E-state index in [9.17, 15) is 37.5 Å². The van der Waals surface area contributed by atoms with Crippen LogP contribution in [-0.4, -0.2) is 88.0 Å². The van der Waals surface area contributed by atoms with Crippen LogP contribution in [-0.2, 0) is 14.4 Å². The van der Waals surface area contributed by atoms with Gasteiger partial charge in [0.05, 0.1) is 39.2 Å². The van der Waals surface area contributed by atoms with Crippen LogP contribution in [0.15, 0.2) is 128 Å². The molecule has 0 atom stereocenters. The minimum absolute atomic E-state index is 0.0764. The summed E-state index contributed by atoms with van der Waals surface area (Å²) in [5.74, 6) is -6.11. The molecule has 3 aromatic carbocycles. The molecule has 3 N–H and O–H groups in total. The van der Waals surface area contributed by atoms with Crippen molar-refractivity contribution in [2.45, 2.75) is 95.2 Å². The Hall–Kier alpha value is -11.2. The van der Waals surface area contributed by atoms with Crippen molar-refractivity contribution in [1.29, 1.82) is 0 Å². The Morgan fingerprint density at radius 2 is 0.833 bits per heavy atom.